The van der Waals surface area contributed by atoms with Crippen LogP contribution in [-0.2, 0) is 0 Å². The number of anilines is 1. The number of pyridine rings is 1. The van der Waals surface area contributed by atoms with E-state index in [0.717, 1.165) is 23.8 Å². The number of carbonyl (C=O) groups excluding carboxylic acids is 1. The maximum atomic E-state index is 12.3. The predicted molar refractivity (Wildman–Crippen MR) is 83.8 cm³/mol. The molecule has 1 saturated heterocycles. The molecule has 21 heavy (non-hydrogen) atoms. The second kappa shape index (κ2) is 6.14. The fourth-order valence-corrected chi connectivity index (χ4v) is 2.77. The van der Waals surface area contributed by atoms with Gasteiger partial charge < -0.3 is 9.80 Å². The van der Waals surface area contributed by atoms with Gasteiger partial charge in [-0.25, -0.2) is 0 Å². The zero-order chi connectivity index (χ0) is 14.7. The van der Waals surface area contributed by atoms with E-state index in [2.05, 4.69) is 9.88 Å². The molecule has 2 aromatic rings. The van der Waals surface area contributed by atoms with Crippen LogP contribution in [0.15, 0.2) is 48.7 Å². The molecular formula is C16H16ClN3O. The second-order valence-corrected chi connectivity index (χ2v) is 5.35. The zero-order valence-corrected chi connectivity index (χ0v) is 12.3. The number of aromatic nitrogens is 1. The largest absolute Gasteiger partial charge is 0.367 e. The van der Waals surface area contributed by atoms with Gasteiger partial charge in [0.25, 0.3) is 5.91 Å². The molecule has 108 valence electrons. The fourth-order valence-electron chi connectivity index (χ4n) is 2.51. The smallest absolute Gasteiger partial charge is 0.272 e. The summed E-state index contributed by atoms with van der Waals surface area (Å²) in [6, 6.07) is 13.2. The summed E-state index contributed by atoms with van der Waals surface area (Å²) in [5.74, 6) is -0.00518. The molecule has 1 amide bonds. The van der Waals surface area contributed by atoms with Crippen molar-refractivity contribution in [2.75, 3.05) is 31.1 Å². The highest BCUT2D eigenvalue weighted by atomic mass is 35.5. The van der Waals surface area contributed by atoms with Crippen molar-refractivity contribution in [1.82, 2.24) is 9.88 Å². The summed E-state index contributed by atoms with van der Waals surface area (Å²) in [6.07, 6.45) is 1.65. The van der Waals surface area contributed by atoms with Crippen molar-refractivity contribution >= 4 is 23.2 Å². The number of amides is 1. The van der Waals surface area contributed by atoms with Crippen LogP contribution >= 0.6 is 11.6 Å². The number of nitrogens with zero attached hydrogens (tertiary/aromatic N) is 3. The lowest BCUT2D eigenvalue weighted by atomic mass is 10.2. The standard InChI is InChI=1S/C16H16ClN3O/c17-13-5-1-2-7-15(13)19-9-11-20(12-10-19)16(21)14-6-3-4-8-18-14/h1-8H,9-12H2. The molecule has 1 aromatic heterocycles. The van der Waals surface area contributed by atoms with Gasteiger partial charge in [0.05, 0.1) is 10.7 Å². The summed E-state index contributed by atoms with van der Waals surface area (Å²) >= 11 is 6.22. The Morgan fingerprint density at radius 1 is 1.00 bits per heavy atom. The average Bonchev–Trinajstić information content (AvgIpc) is 2.56. The summed E-state index contributed by atoms with van der Waals surface area (Å²) in [4.78, 5) is 20.5. The third-order valence-electron chi connectivity index (χ3n) is 3.64. The third-order valence-corrected chi connectivity index (χ3v) is 3.96. The average molecular weight is 302 g/mol. The maximum Gasteiger partial charge on any atom is 0.272 e. The lowest BCUT2D eigenvalue weighted by Crippen LogP contribution is -2.49. The number of halogens is 1. The molecule has 1 aliphatic rings. The maximum absolute atomic E-state index is 12.3. The summed E-state index contributed by atoms with van der Waals surface area (Å²) in [6.45, 7) is 2.92. The molecule has 4 nitrogen and oxygen atoms in total. The molecule has 1 aliphatic heterocycles. The molecule has 5 heteroatoms. The minimum absolute atomic E-state index is 0.00518. The summed E-state index contributed by atoms with van der Waals surface area (Å²) in [5, 5.41) is 0.752. The van der Waals surface area contributed by atoms with Gasteiger partial charge in [-0.15, -0.1) is 0 Å². The molecule has 2 heterocycles. The van der Waals surface area contributed by atoms with Gasteiger partial charge in [-0.1, -0.05) is 29.8 Å². The zero-order valence-electron chi connectivity index (χ0n) is 11.6. The van der Waals surface area contributed by atoms with Crippen molar-refractivity contribution in [2.24, 2.45) is 0 Å². The Morgan fingerprint density at radius 2 is 1.71 bits per heavy atom. The number of rotatable bonds is 2. The Morgan fingerprint density at radius 3 is 2.38 bits per heavy atom. The molecule has 0 unspecified atom stereocenters. The Balaban J connectivity index is 1.66. The van der Waals surface area contributed by atoms with Crippen molar-refractivity contribution in [2.45, 2.75) is 0 Å². The number of benzene rings is 1. The van der Waals surface area contributed by atoms with E-state index in [1.807, 2.05) is 41.3 Å². The van der Waals surface area contributed by atoms with Crippen LogP contribution in [0.3, 0.4) is 0 Å². The lowest BCUT2D eigenvalue weighted by molar-refractivity contribution is 0.0741. The number of piperazine rings is 1. The molecular weight excluding hydrogens is 286 g/mol. The van der Waals surface area contributed by atoms with E-state index in [0.29, 0.717) is 18.8 Å². The fraction of sp³-hybridized carbons (Fsp3) is 0.250. The van der Waals surface area contributed by atoms with Gasteiger partial charge in [0.1, 0.15) is 5.69 Å². The van der Waals surface area contributed by atoms with Crippen LogP contribution in [0.25, 0.3) is 0 Å². The van der Waals surface area contributed by atoms with E-state index in [4.69, 9.17) is 11.6 Å². The molecule has 0 bridgehead atoms. The number of para-hydroxylation sites is 1. The van der Waals surface area contributed by atoms with Crippen molar-refractivity contribution < 1.29 is 4.79 Å². The SMILES string of the molecule is O=C(c1ccccn1)N1CCN(c2ccccc2Cl)CC1. The van der Waals surface area contributed by atoms with Crippen LogP contribution in [0.1, 0.15) is 10.5 Å². The molecule has 3 rings (SSSR count). The van der Waals surface area contributed by atoms with E-state index in [1.165, 1.54) is 0 Å². The molecule has 0 spiro atoms. The van der Waals surface area contributed by atoms with Gasteiger partial charge in [0, 0.05) is 32.4 Å². The second-order valence-electron chi connectivity index (χ2n) is 4.95. The normalized spacial score (nSPS) is 15.1. The van der Waals surface area contributed by atoms with Gasteiger partial charge in [-0.3, -0.25) is 9.78 Å². The Kier molecular flexibility index (Phi) is 4.06. The van der Waals surface area contributed by atoms with E-state index < -0.39 is 0 Å². The minimum Gasteiger partial charge on any atom is -0.367 e. The highest BCUT2D eigenvalue weighted by molar-refractivity contribution is 6.33. The van der Waals surface area contributed by atoms with Crippen LogP contribution in [0, 0.1) is 0 Å². The Labute approximate surface area is 129 Å². The van der Waals surface area contributed by atoms with Crippen molar-refractivity contribution in [3.63, 3.8) is 0 Å². The number of carbonyl (C=O) groups is 1. The van der Waals surface area contributed by atoms with Crippen LogP contribution in [0.4, 0.5) is 5.69 Å². The van der Waals surface area contributed by atoms with E-state index in [1.54, 1.807) is 12.3 Å². The number of hydrogen-bond donors (Lipinski definition) is 0. The first-order valence-corrected chi connectivity index (χ1v) is 7.33. The van der Waals surface area contributed by atoms with Gasteiger partial charge in [0.15, 0.2) is 0 Å². The molecule has 1 fully saturated rings. The van der Waals surface area contributed by atoms with E-state index in [9.17, 15) is 4.79 Å². The van der Waals surface area contributed by atoms with Crippen LogP contribution < -0.4 is 4.90 Å². The summed E-state index contributed by atoms with van der Waals surface area (Å²) in [7, 11) is 0. The highest BCUT2D eigenvalue weighted by Gasteiger charge is 2.23. The molecule has 1 aromatic carbocycles. The Hall–Kier alpha value is -2.07. The van der Waals surface area contributed by atoms with E-state index >= 15 is 0 Å². The van der Waals surface area contributed by atoms with Crippen molar-refractivity contribution in [3.05, 3.63) is 59.4 Å². The number of hydrogen-bond acceptors (Lipinski definition) is 3. The molecule has 0 atom stereocenters. The van der Waals surface area contributed by atoms with Crippen LogP contribution in [0.5, 0.6) is 0 Å². The Bertz CT molecular complexity index is 624. The summed E-state index contributed by atoms with van der Waals surface area (Å²) < 4.78 is 0. The lowest BCUT2D eigenvalue weighted by Gasteiger charge is -2.36. The highest BCUT2D eigenvalue weighted by Crippen LogP contribution is 2.26. The molecule has 0 aliphatic carbocycles. The van der Waals surface area contributed by atoms with E-state index in [-0.39, 0.29) is 5.91 Å². The molecule has 0 N–H and O–H groups in total. The van der Waals surface area contributed by atoms with Gasteiger partial charge >= 0.3 is 0 Å². The van der Waals surface area contributed by atoms with Gasteiger partial charge in [0.2, 0.25) is 0 Å². The first-order valence-electron chi connectivity index (χ1n) is 6.95. The topological polar surface area (TPSA) is 36.4 Å². The minimum atomic E-state index is -0.00518. The van der Waals surface area contributed by atoms with Crippen LogP contribution in [0.2, 0.25) is 5.02 Å². The molecule has 0 radical (unpaired) electrons. The first kappa shape index (κ1) is 13.9. The van der Waals surface area contributed by atoms with Gasteiger partial charge in [-0.05, 0) is 24.3 Å². The third kappa shape index (κ3) is 3.00. The molecule has 0 saturated carbocycles. The predicted octanol–water partition coefficient (Wildman–Crippen LogP) is 2.70. The first-order chi connectivity index (χ1) is 10.3. The summed E-state index contributed by atoms with van der Waals surface area (Å²) in [5.41, 5.74) is 1.53. The van der Waals surface area contributed by atoms with Gasteiger partial charge in [-0.2, -0.15) is 0 Å². The quantitative estimate of drug-likeness (QED) is 0.856. The van der Waals surface area contributed by atoms with Crippen LogP contribution in [-0.4, -0.2) is 42.0 Å². The van der Waals surface area contributed by atoms with Crippen molar-refractivity contribution in [1.29, 1.82) is 0 Å². The monoisotopic (exact) mass is 301 g/mol. The van der Waals surface area contributed by atoms with Crippen molar-refractivity contribution in [3.8, 4) is 0 Å².